The van der Waals surface area contributed by atoms with Crippen LogP contribution in [0.25, 0.3) is 0 Å². The smallest absolute Gasteiger partial charge is 0.336 e. The number of para-hydroxylation sites is 1. The van der Waals surface area contributed by atoms with Gasteiger partial charge in [-0.25, -0.2) is 13.6 Å². The van der Waals surface area contributed by atoms with Gasteiger partial charge in [0.2, 0.25) is 0 Å². The summed E-state index contributed by atoms with van der Waals surface area (Å²) >= 11 is 1.70. The van der Waals surface area contributed by atoms with Crippen LogP contribution in [0.15, 0.2) is 41.3 Å². The van der Waals surface area contributed by atoms with Crippen LogP contribution in [0.3, 0.4) is 0 Å². The first kappa shape index (κ1) is 14.8. The number of hydrogen-bond acceptors (Lipinski definition) is 3. The normalized spacial score (nSPS) is 13.8. The topological polar surface area (TPSA) is 40.5 Å². The predicted octanol–water partition coefficient (Wildman–Crippen LogP) is 3.78. The lowest BCUT2D eigenvalue weighted by Gasteiger charge is -2.31. The number of rotatable bonds is 3. The van der Waals surface area contributed by atoms with Crippen molar-refractivity contribution in [3.05, 3.63) is 59.2 Å². The highest BCUT2D eigenvalue weighted by atomic mass is 32.2. The van der Waals surface area contributed by atoms with Crippen molar-refractivity contribution in [2.75, 3.05) is 17.2 Å². The van der Waals surface area contributed by atoms with Gasteiger partial charge >= 0.3 is 5.97 Å². The highest BCUT2D eigenvalue weighted by Crippen LogP contribution is 2.35. The first-order valence-electron chi connectivity index (χ1n) is 6.75. The van der Waals surface area contributed by atoms with E-state index in [0.29, 0.717) is 6.54 Å². The first-order chi connectivity index (χ1) is 10.6. The van der Waals surface area contributed by atoms with Crippen LogP contribution in [-0.2, 0) is 6.54 Å². The molecule has 0 aromatic heterocycles. The molecule has 3 rings (SSSR count). The lowest BCUT2D eigenvalue weighted by atomic mass is 10.1. The Labute approximate surface area is 130 Å². The van der Waals surface area contributed by atoms with Gasteiger partial charge in [-0.2, -0.15) is 0 Å². The Morgan fingerprint density at radius 1 is 1.23 bits per heavy atom. The van der Waals surface area contributed by atoms with Crippen LogP contribution in [0, 0.1) is 11.6 Å². The third-order valence-electron chi connectivity index (χ3n) is 3.60. The van der Waals surface area contributed by atoms with Crippen molar-refractivity contribution in [1.82, 2.24) is 0 Å². The van der Waals surface area contributed by atoms with Crippen LogP contribution in [0.1, 0.15) is 15.9 Å². The van der Waals surface area contributed by atoms with Gasteiger partial charge in [0.05, 0.1) is 11.3 Å². The highest BCUT2D eigenvalue weighted by Gasteiger charge is 2.23. The van der Waals surface area contributed by atoms with Crippen LogP contribution in [0.4, 0.5) is 14.5 Å². The SMILES string of the molecule is O=C(O)c1ccc(F)c(F)c1CN1CCSc2ccccc21. The minimum absolute atomic E-state index is 0.0306. The second-order valence-corrected chi connectivity index (χ2v) is 6.07. The largest absolute Gasteiger partial charge is 0.478 e. The maximum absolute atomic E-state index is 14.1. The predicted molar refractivity (Wildman–Crippen MR) is 81.5 cm³/mol. The summed E-state index contributed by atoms with van der Waals surface area (Å²) in [6.45, 7) is 0.680. The Balaban J connectivity index is 2.01. The molecule has 0 spiro atoms. The number of fused-ring (bicyclic) bond motifs is 1. The maximum atomic E-state index is 14.1. The van der Waals surface area contributed by atoms with E-state index in [9.17, 15) is 18.7 Å². The molecule has 0 atom stereocenters. The van der Waals surface area contributed by atoms with Crippen molar-refractivity contribution >= 4 is 23.4 Å². The van der Waals surface area contributed by atoms with Gasteiger partial charge in [0.25, 0.3) is 0 Å². The molecule has 0 amide bonds. The Bertz CT molecular complexity index is 736. The molecule has 3 nitrogen and oxygen atoms in total. The van der Waals surface area contributed by atoms with E-state index in [0.717, 1.165) is 28.5 Å². The van der Waals surface area contributed by atoms with Crippen LogP contribution in [0.5, 0.6) is 0 Å². The second kappa shape index (κ2) is 5.96. The summed E-state index contributed by atoms with van der Waals surface area (Å²) in [6.07, 6.45) is 0. The highest BCUT2D eigenvalue weighted by molar-refractivity contribution is 7.99. The fourth-order valence-corrected chi connectivity index (χ4v) is 3.58. The van der Waals surface area contributed by atoms with Gasteiger partial charge in [-0.3, -0.25) is 0 Å². The van der Waals surface area contributed by atoms with Gasteiger partial charge in [0.1, 0.15) is 0 Å². The number of thioether (sulfide) groups is 1. The molecule has 0 aliphatic carbocycles. The van der Waals surface area contributed by atoms with Crippen LogP contribution < -0.4 is 4.90 Å². The average Bonchev–Trinajstić information content (AvgIpc) is 2.52. The number of carbonyl (C=O) groups is 1. The quantitative estimate of drug-likeness (QED) is 0.934. The lowest BCUT2D eigenvalue weighted by molar-refractivity contribution is 0.0695. The van der Waals surface area contributed by atoms with Gasteiger partial charge in [0.15, 0.2) is 11.6 Å². The summed E-state index contributed by atoms with van der Waals surface area (Å²) in [5.74, 6) is -2.56. The molecule has 2 aromatic carbocycles. The van der Waals surface area contributed by atoms with E-state index in [-0.39, 0.29) is 17.7 Å². The molecule has 6 heteroatoms. The summed E-state index contributed by atoms with van der Waals surface area (Å²) < 4.78 is 27.6. The standard InChI is InChI=1S/C16H13F2NO2S/c17-12-6-5-10(16(20)21)11(15(12)18)9-19-7-8-22-14-4-2-1-3-13(14)19/h1-6H,7-9H2,(H,20,21). The van der Waals surface area contributed by atoms with Gasteiger partial charge < -0.3 is 10.0 Å². The van der Waals surface area contributed by atoms with Crippen molar-refractivity contribution in [3.63, 3.8) is 0 Å². The fraction of sp³-hybridized carbons (Fsp3) is 0.188. The summed E-state index contributed by atoms with van der Waals surface area (Å²) in [5, 5.41) is 9.19. The van der Waals surface area contributed by atoms with E-state index in [1.54, 1.807) is 11.8 Å². The average molecular weight is 321 g/mol. The molecule has 0 saturated heterocycles. The minimum atomic E-state index is -1.26. The zero-order valence-corrected chi connectivity index (χ0v) is 12.4. The Kier molecular flexibility index (Phi) is 4.02. The number of halogens is 2. The monoisotopic (exact) mass is 321 g/mol. The maximum Gasteiger partial charge on any atom is 0.336 e. The van der Waals surface area contributed by atoms with E-state index in [4.69, 9.17) is 0 Å². The zero-order valence-electron chi connectivity index (χ0n) is 11.6. The van der Waals surface area contributed by atoms with Crippen molar-refractivity contribution in [1.29, 1.82) is 0 Å². The van der Waals surface area contributed by atoms with Crippen LogP contribution in [-0.4, -0.2) is 23.4 Å². The molecule has 1 heterocycles. The van der Waals surface area contributed by atoms with Crippen molar-refractivity contribution in [3.8, 4) is 0 Å². The molecule has 0 unspecified atom stereocenters. The third-order valence-corrected chi connectivity index (χ3v) is 4.64. The first-order valence-corrected chi connectivity index (χ1v) is 7.73. The molecule has 0 radical (unpaired) electrons. The second-order valence-electron chi connectivity index (χ2n) is 4.93. The summed E-state index contributed by atoms with van der Waals surface area (Å²) in [4.78, 5) is 14.2. The third kappa shape index (κ3) is 2.66. The van der Waals surface area contributed by atoms with E-state index >= 15 is 0 Å². The molecular formula is C16H13F2NO2S. The summed E-state index contributed by atoms with van der Waals surface area (Å²) in [5.41, 5.74) is 0.600. The summed E-state index contributed by atoms with van der Waals surface area (Å²) in [6, 6.07) is 9.62. The molecular weight excluding hydrogens is 308 g/mol. The Morgan fingerprint density at radius 3 is 2.77 bits per heavy atom. The van der Waals surface area contributed by atoms with Gasteiger partial charge in [-0.1, -0.05) is 12.1 Å². The molecule has 1 aliphatic heterocycles. The van der Waals surface area contributed by atoms with Gasteiger partial charge in [-0.15, -0.1) is 11.8 Å². The summed E-state index contributed by atoms with van der Waals surface area (Å²) in [7, 11) is 0. The molecule has 0 bridgehead atoms. The van der Waals surface area contributed by atoms with E-state index in [1.807, 2.05) is 29.2 Å². The number of carboxylic acid groups (broad SMARTS) is 1. The molecule has 2 aromatic rings. The Hall–Kier alpha value is -2.08. The number of benzene rings is 2. The Morgan fingerprint density at radius 2 is 2.00 bits per heavy atom. The van der Waals surface area contributed by atoms with Crippen molar-refractivity contribution in [2.45, 2.75) is 11.4 Å². The van der Waals surface area contributed by atoms with Crippen molar-refractivity contribution in [2.24, 2.45) is 0 Å². The van der Waals surface area contributed by atoms with Crippen LogP contribution in [0.2, 0.25) is 0 Å². The number of aromatic carboxylic acids is 1. The number of anilines is 1. The lowest BCUT2D eigenvalue weighted by Crippen LogP contribution is -2.30. The molecule has 22 heavy (non-hydrogen) atoms. The molecule has 0 fully saturated rings. The van der Waals surface area contributed by atoms with E-state index in [1.165, 1.54) is 0 Å². The van der Waals surface area contributed by atoms with Gasteiger partial charge in [0, 0.05) is 29.3 Å². The van der Waals surface area contributed by atoms with Crippen molar-refractivity contribution < 1.29 is 18.7 Å². The molecule has 1 N–H and O–H groups in total. The molecule has 114 valence electrons. The molecule has 1 aliphatic rings. The minimum Gasteiger partial charge on any atom is -0.478 e. The van der Waals surface area contributed by atoms with Crippen LogP contribution >= 0.6 is 11.8 Å². The molecule has 0 saturated carbocycles. The fourth-order valence-electron chi connectivity index (χ4n) is 2.53. The number of nitrogens with zero attached hydrogens (tertiary/aromatic N) is 1. The number of hydrogen-bond donors (Lipinski definition) is 1. The van der Waals surface area contributed by atoms with E-state index < -0.39 is 17.6 Å². The van der Waals surface area contributed by atoms with Gasteiger partial charge in [-0.05, 0) is 24.3 Å². The zero-order chi connectivity index (χ0) is 15.7. The number of carboxylic acids is 1. The van der Waals surface area contributed by atoms with E-state index in [2.05, 4.69) is 0 Å².